The number of amides is 3. The zero-order valence-corrected chi connectivity index (χ0v) is 18.2. The molecule has 5 nitrogen and oxygen atoms in total. The number of hydrogen-bond acceptors (Lipinski definition) is 3. The molecular formula is C26H28N2O3. The smallest absolute Gasteiger partial charge is 0.266 e. The maximum atomic E-state index is 13.2. The molecule has 2 fully saturated rings. The van der Waals surface area contributed by atoms with Crippen LogP contribution >= 0.6 is 0 Å². The number of rotatable bonds is 2. The Morgan fingerprint density at radius 2 is 1.61 bits per heavy atom. The van der Waals surface area contributed by atoms with E-state index in [1.807, 2.05) is 36.9 Å². The molecule has 0 bridgehead atoms. The topological polar surface area (TPSA) is 57.7 Å². The van der Waals surface area contributed by atoms with Crippen molar-refractivity contribution >= 4 is 23.4 Å². The van der Waals surface area contributed by atoms with Gasteiger partial charge in [0.05, 0.1) is 16.8 Å². The van der Waals surface area contributed by atoms with Crippen LogP contribution in [0, 0.1) is 25.7 Å². The molecule has 1 saturated heterocycles. The first-order chi connectivity index (χ1) is 14.9. The maximum absolute atomic E-state index is 13.2. The Morgan fingerprint density at radius 1 is 0.871 bits per heavy atom. The molecule has 0 N–H and O–H groups in total. The molecule has 1 aliphatic carbocycles. The highest BCUT2D eigenvalue weighted by atomic mass is 16.2. The molecule has 3 aliphatic rings. The summed E-state index contributed by atoms with van der Waals surface area (Å²) < 4.78 is 0. The summed E-state index contributed by atoms with van der Waals surface area (Å²) >= 11 is 0. The van der Waals surface area contributed by atoms with E-state index in [4.69, 9.17) is 0 Å². The summed E-state index contributed by atoms with van der Waals surface area (Å²) in [5.74, 6) is 0.648. The minimum atomic E-state index is -0.352. The van der Waals surface area contributed by atoms with Crippen molar-refractivity contribution in [3.8, 4) is 0 Å². The summed E-state index contributed by atoms with van der Waals surface area (Å²) in [7, 11) is 0. The number of imide groups is 1. The van der Waals surface area contributed by atoms with Gasteiger partial charge in [-0.05, 0) is 73.9 Å². The molecule has 0 radical (unpaired) electrons. The first-order valence-electron chi connectivity index (χ1n) is 11.3. The molecule has 1 saturated carbocycles. The highest BCUT2D eigenvalue weighted by molar-refractivity contribution is 6.35. The molecule has 5 heteroatoms. The summed E-state index contributed by atoms with van der Waals surface area (Å²) in [5, 5.41) is 0. The largest absolute Gasteiger partial charge is 0.338 e. The van der Waals surface area contributed by atoms with Gasteiger partial charge in [0.1, 0.15) is 0 Å². The first kappa shape index (κ1) is 20.0. The highest BCUT2D eigenvalue weighted by Gasteiger charge is 2.39. The summed E-state index contributed by atoms with van der Waals surface area (Å²) in [5.41, 5.74) is 3.65. The van der Waals surface area contributed by atoms with E-state index in [-0.39, 0.29) is 17.7 Å². The number of nitrogens with zero attached hydrogens (tertiary/aromatic N) is 2. The van der Waals surface area contributed by atoms with Gasteiger partial charge in [0.2, 0.25) is 0 Å². The van der Waals surface area contributed by atoms with Crippen LogP contribution in [-0.2, 0) is 0 Å². The number of aryl methyl sites for hydroxylation is 2. The summed E-state index contributed by atoms with van der Waals surface area (Å²) in [6, 6.07) is 10.7. The van der Waals surface area contributed by atoms with Crippen molar-refractivity contribution in [1.82, 2.24) is 4.90 Å². The lowest BCUT2D eigenvalue weighted by atomic mass is 9.75. The van der Waals surface area contributed by atoms with E-state index < -0.39 is 0 Å². The van der Waals surface area contributed by atoms with Crippen molar-refractivity contribution in [2.75, 3.05) is 18.0 Å². The van der Waals surface area contributed by atoms with Gasteiger partial charge < -0.3 is 4.90 Å². The molecule has 5 rings (SSSR count). The molecule has 2 aromatic rings. The van der Waals surface area contributed by atoms with Crippen molar-refractivity contribution in [3.63, 3.8) is 0 Å². The Morgan fingerprint density at radius 3 is 2.42 bits per heavy atom. The van der Waals surface area contributed by atoms with Crippen LogP contribution in [0.1, 0.15) is 74.3 Å². The Labute approximate surface area is 183 Å². The number of hydrogen-bond donors (Lipinski definition) is 0. The van der Waals surface area contributed by atoms with E-state index in [0.717, 1.165) is 36.6 Å². The molecule has 31 heavy (non-hydrogen) atoms. The van der Waals surface area contributed by atoms with E-state index in [1.165, 1.54) is 30.6 Å². The molecule has 2 heterocycles. The number of carbonyl (C=O) groups is 3. The van der Waals surface area contributed by atoms with Crippen LogP contribution in [-0.4, -0.2) is 35.7 Å². The lowest BCUT2D eigenvalue weighted by molar-refractivity contribution is 0.0520. The van der Waals surface area contributed by atoms with Gasteiger partial charge in [0.15, 0.2) is 0 Å². The number of benzene rings is 2. The van der Waals surface area contributed by atoms with Crippen molar-refractivity contribution < 1.29 is 14.4 Å². The molecule has 2 aromatic carbocycles. The zero-order valence-electron chi connectivity index (χ0n) is 18.2. The fourth-order valence-electron chi connectivity index (χ4n) is 5.52. The van der Waals surface area contributed by atoms with Crippen LogP contribution in [0.3, 0.4) is 0 Å². The number of piperidine rings is 1. The fourth-order valence-corrected chi connectivity index (χ4v) is 5.52. The quantitative estimate of drug-likeness (QED) is 0.664. The third-order valence-electron chi connectivity index (χ3n) is 7.32. The van der Waals surface area contributed by atoms with Gasteiger partial charge in [-0.25, -0.2) is 4.90 Å². The van der Waals surface area contributed by atoms with Gasteiger partial charge >= 0.3 is 0 Å². The van der Waals surface area contributed by atoms with Crippen LogP contribution in [0.25, 0.3) is 0 Å². The third kappa shape index (κ3) is 3.36. The van der Waals surface area contributed by atoms with Crippen molar-refractivity contribution in [1.29, 1.82) is 0 Å². The molecule has 2 atom stereocenters. The fraction of sp³-hybridized carbons (Fsp3) is 0.423. The lowest BCUT2D eigenvalue weighted by Crippen LogP contribution is -2.44. The number of fused-ring (bicyclic) bond motifs is 2. The molecule has 0 unspecified atom stereocenters. The predicted molar refractivity (Wildman–Crippen MR) is 119 cm³/mol. The summed E-state index contributed by atoms with van der Waals surface area (Å²) in [6.07, 6.45) is 6.13. The number of likely N-dealkylation sites (tertiary alicyclic amines) is 1. The van der Waals surface area contributed by atoms with Gasteiger partial charge in [-0.2, -0.15) is 0 Å². The summed E-state index contributed by atoms with van der Waals surface area (Å²) in [6.45, 7) is 5.41. The van der Waals surface area contributed by atoms with Gasteiger partial charge in [0.25, 0.3) is 17.7 Å². The Balaban J connectivity index is 1.41. The second kappa shape index (κ2) is 7.63. The Kier molecular flexibility index (Phi) is 4.92. The van der Waals surface area contributed by atoms with E-state index in [0.29, 0.717) is 28.3 Å². The minimum Gasteiger partial charge on any atom is -0.338 e. The molecule has 0 aromatic heterocycles. The average molecular weight is 417 g/mol. The van der Waals surface area contributed by atoms with Crippen LogP contribution < -0.4 is 4.90 Å². The summed E-state index contributed by atoms with van der Waals surface area (Å²) in [4.78, 5) is 42.6. The van der Waals surface area contributed by atoms with Crippen LogP contribution in [0.4, 0.5) is 5.69 Å². The molecule has 0 spiro atoms. The first-order valence-corrected chi connectivity index (χ1v) is 11.3. The van der Waals surface area contributed by atoms with Crippen molar-refractivity contribution in [2.45, 2.75) is 46.0 Å². The zero-order chi connectivity index (χ0) is 21.7. The maximum Gasteiger partial charge on any atom is 0.266 e. The van der Waals surface area contributed by atoms with Crippen molar-refractivity contribution in [2.24, 2.45) is 11.8 Å². The monoisotopic (exact) mass is 416 g/mol. The van der Waals surface area contributed by atoms with Gasteiger partial charge in [-0.3, -0.25) is 14.4 Å². The van der Waals surface area contributed by atoms with E-state index >= 15 is 0 Å². The van der Waals surface area contributed by atoms with Gasteiger partial charge in [0, 0.05) is 18.7 Å². The molecule has 3 amide bonds. The third-order valence-corrected chi connectivity index (χ3v) is 7.32. The van der Waals surface area contributed by atoms with Crippen LogP contribution in [0.2, 0.25) is 0 Å². The Bertz CT molecular complexity index is 1090. The van der Waals surface area contributed by atoms with E-state index in [1.54, 1.807) is 18.2 Å². The van der Waals surface area contributed by atoms with Crippen molar-refractivity contribution in [3.05, 3.63) is 64.2 Å². The molecule has 2 aliphatic heterocycles. The standard InChI is InChI=1S/C26H28N2O3/c1-16-7-8-17(2)23(13-16)28-25(30)21-10-9-19(14-22(21)26(28)31)24(29)27-12-11-18-5-3-4-6-20(18)15-27/h7-10,13-14,18,20H,3-6,11-12,15H2,1-2H3/t18-,20-/m1/s1. The minimum absolute atomic E-state index is 0.0303. The van der Waals surface area contributed by atoms with Gasteiger partial charge in [-0.15, -0.1) is 0 Å². The molecule has 160 valence electrons. The second-order valence-electron chi connectivity index (χ2n) is 9.34. The van der Waals surface area contributed by atoms with E-state index in [2.05, 4.69) is 0 Å². The second-order valence-corrected chi connectivity index (χ2v) is 9.34. The SMILES string of the molecule is Cc1ccc(C)c(N2C(=O)c3ccc(C(=O)N4CC[C@H]5CCCC[C@@H]5C4)cc3C2=O)c1. The number of anilines is 1. The van der Waals surface area contributed by atoms with Gasteiger partial charge in [-0.1, -0.05) is 31.4 Å². The highest BCUT2D eigenvalue weighted by Crippen LogP contribution is 2.37. The lowest BCUT2D eigenvalue weighted by Gasteiger charge is -2.41. The molecular weight excluding hydrogens is 388 g/mol. The Hall–Kier alpha value is -2.95. The average Bonchev–Trinajstić information content (AvgIpc) is 3.04. The van der Waals surface area contributed by atoms with Crippen LogP contribution in [0.5, 0.6) is 0 Å². The number of carbonyl (C=O) groups excluding carboxylic acids is 3. The van der Waals surface area contributed by atoms with E-state index in [9.17, 15) is 14.4 Å². The predicted octanol–water partition coefficient (Wildman–Crippen LogP) is 4.76. The van der Waals surface area contributed by atoms with Crippen LogP contribution in [0.15, 0.2) is 36.4 Å². The normalized spacial score (nSPS) is 23.0.